The predicted molar refractivity (Wildman–Crippen MR) is 178 cm³/mol. The van der Waals surface area contributed by atoms with Gasteiger partial charge in [0.15, 0.2) is 0 Å². The average molecular weight is 634 g/mol. The molecule has 2 unspecified atom stereocenters. The van der Waals surface area contributed by atoms with Crippen molar-refractivity contribution >= 4 is 11.3 Å². The SMILES string of the molecule is COc1ccc(CN2C3CC2CN(c2cnc(-c4cc(OCCN5CCC6(CCCCC6)CC5)cn5ncc(C#N)c45)cn2)C3)cn1. The number of piperazine rings is 1. The second-order valence-electron chi connectivity index (χ2n) is 13.9. The summed E-state index contributed by atoms with van der Waals surface area (Å²) >= 11 is 0. The third kappa shape index (κ3) is 6.01. The van der Waals surface area contributed by atoms with Gasteiger partial charge in [0.05, 0.1) is 48.7 Å². The number of fused-ring (bicyclic) bond motifs is 3. The molecule has 5 fully saturated rings. The fraction of sp³-hybridized carbons (Fsp3) is 0.528. The summed E-state index contributed by atoms with van der Waals surface area (Å²) in [5.74, 6) is 2.24. The first-order valence-corrected chi connectivity index (χ1v) is 17.2. The van der Waals surface area contributed by atoms with Crippen molar-refractivity contribution in [1.29, 1.82) is 5.26 Å². The van der Waals surface area contributed by atoms with E-state index in [1.54, 1.807) is 17.8 Å². The highest BCUT2D eigenvalue weighted by molar-refractivity contribution is 5.83. The van der Waals surface area contributed by atoms with Crippen molar-refractivity contribution in [3.63, 3.8) is 0 Å². The Morgan fingerprint density at radius 1 is 0.957 bits per heavy atom. The molecule has 5 aliphatic rings. The van der Waals surface area contributed by atoms with Gasteiger partial charge in [-0.2, -0.15) is 10.4 Å². The molecular formula is C36H43N9O2. The third-order valence-corrected chi connectivity index (χ3v) is 11.2. The normalized spacial score (nSPS) is 22.6. The lowest BCUT2D eigenvalue weighted by atomic mass is 9.68. The van der Waals surface area contributed by atoms with Crippen LogP contribution in [0, 0.1) is 16.7 Å². The van der Waals surface area contributed by atoms with Crippen LogP contribution in [-0.2, 0) is 6.54 Å². The predicted octanol–water partition coefficient (Wildman–Crippen LogP) is 4.95. The van der Waals surface area contributed by atoms with E-state index in [9.17, 15) is 5.26 Å². The van der Waals surface area contributed by atoms with Gasteiger partial charge in [-0.1, -0.05) is 25.3 Å². The van der Waals surface area contributed by atoms with Crippen LogP contribution in [0.15, 0.2) is 49.2 Å². The van der Waals surface area contributed by atoms with E-state index in [1.807, 2.05) is 36.9 Å². The van der Waals surface area contributed by atoms with Crippen LogP contribution in [0.5, 0.6) is 11.6 Å². The number of hydrogen-bond acceptors (Lipinski definition) is 10. The minimum atomic E-state index is 0.481. The maximum atomic E-state index is 9.83. The Kier molecular flexibility index (Phi) is 8.15. The van der Waals surface area contributed by atoms with E-state index in [-0.39, 0.29) is 0 Å². The summed E-state index contributed by atoms with van der Waals surface area (Å²) in [4.78, 5) is 21.5. The Bertz CT molecular complexity index is 1720. The van der Waals surface area contributed by atoms with Crippen LogP contribution in [0.25, 0.3) is 16.8 Å². The van der Waals surface area contributed by atoms with E-state index in [1.165, 1.54) is 56.9 Å². The van der Waals surface area contributed by atoms with Gasteiger partial charge < -0.3 is 14.4 Å². The van der Waals surface area contributed by atoms with Crippen LogP contribution in [0.2, 0.25) is 0 Å². The number of methoxy groups -OCH3 is 1. The zero-order valence-electron chi connectivity index (χ0n) is 27.2. The highest BCUT2D eigenvalue weighted by atomic mass is 16.5. The van der Waals surface area contributed by atoms with E-state index in [4.69, 9.17) is 19.4 Å². The maximum Gasteiger partial charge on any atom is 0.212 e. The molecule has 4 aliphatic heterocycles. The Morgan fingerprint density at radius 2 is 1.79 bits per heavy atom. The van der Waals surface area contributed by atoms with Crippen LogP contribution in [0.1, 0.15) is 62.5 Å². The van der Waals surface area contributed by atoms with Crippen molar-refractivity contribution in [3.05, 3.63) is 60.3 Å². The molecule has 1 spiro atoms. The van der Waals surface area contributed by atoms with Crippen molar-refractivity contribution in [1.82, 2.24) is 34.4 Å². The first kappa shape index (κ1) is 30.1. The van der Waals surface area contributed by atoms with Crippen LogP contribution in [0.4, 0.5) is 5.82 Å². The topological polar surface area (TPSA) is 108 Å². The molecular weight excluding hydrogens is 590 g/mol. The largest absolute Gasteiger partial charge is 0.491 e. The first-order valence-electron chi connectivity index (χ1n) is 17.2. The summed E-state index contributed by atoms with van der Waals surface area (Å²) in [7, 11) is 1.64. The molecule has 47 heavy (non-hydrogen) atoms. The Labute approximate surface area is 276 Å². The number of aromatic nitrogens is 5. The molecule has 0 aromatic carbocycles. The van der Waals surface area contributed by atoms with Gasteiger partial charge in [-0.05, 0) is 62.2 Å². The molecule has 11 heteroatoms. The van der Waals surface area contributed by atoms with Gasteiger partial charge in [-0.25, -0.2) is 14.5 Å². The summed E-state index contributed by atoms with van der Waals surface area (Å²) in [5.41, 5.74) is 4.53. The molecule has 1 saturated carbocycles. The van der Waals surface area contributed by atoms with E-state index < -0.39 is 0 Å². The number of likely N-dealkylation sites (tertiary alicyclic amines) is 1. The third-order valence-electron chi connectivity index (χ3n) is 11.2. The van der Waals surface area contributed by atoms with E-state index in [0.717, 1.165) is 61.9 Å². The van der Waals surface area contributed by atoms with Crippen LogP contribution >= 0.6 is 0 Å². The van der Waals surface area contributed by atoms with Crippen molar-refractivity contribution in [2.75, 3.05) is 51.3 Å². The van der Waals surface area contributed by atoms with E-state index in [0.29, 0.717) is 41.2 Å². The number of nitrogens with zero attached hydrogens (tertiary/aromatic N) is 9. The van der Waals surface area contributed by atoms with Gasteiger partial charge in [-0.15, -0.1) is 0 Å². The fourth-order valence-corrected chi connectivity index (χ4v) is 8.39. The molecule has 0 radical (unpaired) electrons. The lowest BCUT2D eigenvalue weighted by Gasteiger charge is -2.56. The van der Waals surface area contributed by atoms with Crippen molar-refractivity contribution in [3.8, 4) is 29.0 Å². The lowest BCUT2D eigenvalue weighted by molar-refractivity contribution is -0.00879. The zero-order valence-corrected chi connectivity index (χ0v) is 27.2. The molecule has 4 saturated heterocycles. The first-order chi connectivity index (χ1) is 23.1. The van der Waals surface area contributed by atoms with Crippen LogP contribution < -0.4 is 14.4 Å². The molecule has 8 heterocycles. The molecule has 2 bridgehead atoms. The minimum absolute atomic E-state index is 0.481. The molecule has 2 atom stereocenters. The van der Waals surface area contributed by atoms with E-state index in [2.05, 4.69) is 36.9 Å². The summed E-state index contributed by atoms with van der Waals surface area (Å²) < 4.78 is 13.2. The number of hydrogen-bond donors (Lipinski definition) is 0. The quantitative estimate of drug-likeness (QED) is 0.251. The second-order valence-corrected chi connectivity index (χ2v) is 13.9. The molecule has 1 aliphatic carbocycles. The summed E-state index contributed by atoms with van der Waals surface area (Å²) in [5, 5.41) is 14.3. The molecule has 0 amide bonds. The van der Waals surface area contributed by atoms with Crippen LogP contribution in [-0.4, -0.2) is 92.9 Å². The highest BCUT2D eigenvalue weighted by Crippen LogP contribution is 2.44. The van der Waals surface area contributed by atoms with Gasteiger partial charge in [0, 0.05) is 56.1 Å². The zero-order chi connectivity index (χ0) is 31.8. The maximum absolute atomic E-state index is 9.83. The van der Waals surface area contributed by atoms with Gasteiger partial charge in [-0.3, -0.25) is 14.8 Å². The van der Waals surface area contributed by atoms with Crippen molar-refractivity contribution in [2.24, 2.45) is 5.41 Å². The average Bonchev–Trinajstić information content (AvgIpc) is 3.55. The number of ether oxygens (including phenoxy) is 2. The van der Waals surface area contributed by atoms with Crippen molar-refractivity contribution in [2.45, 2.75) is 70.0 Å². The van der Waals surface area contributed by atoms with Crippen molar-refractivity contribution < 1.29 is 9.47 Å². The standard InChI is InChI=1S/C36H43N9O2/c1-46-34-6-5-26(18-40-34)22-44-28-15-29(44)24-43(23-28)33-21-38-32(20-39-33)31-16-30(25-45-35(31)27(17-37)19-41-45)47-14-13-42-11-9-36(10-12-42)7-3-2-4-8-36/h5-6,16,18-21,25,28-29H,2-4,7-15,22-24H2,1H3. The number of anilines is 1. The molecule has 11 nitrogen and oxygen atoms in total. The van der Waals surface area contributed by atoms with Gasteiger partial charge in [0.1, 0.15) is 24.2 Å². The fourth-order valence-electron chi connectivity index (χ4n) is 8.39. The lowest BCUT2D eigenvalue weighted by Crippen LogP contribution is -2.68. The Balaban J connectivity index is 0.921. The van der Waals surface area contributed by atoms with E-state index >= 15 is 0 Å². The number of nitriles is 1. The number of rotatable bonds is 9. The molecule has 4 aromatic heterocycles. The van der Waals surface area contributed by atoms with Gasteiger partial charge in [0.25, 0.3) is 0 Å². The smallest absolute Gasteiger partial charge is 0.212 e. The van der Waals surface area contributed by atoms with Gasteiger partial charge in [0.2, 0.25) is 5.88 Å². The molecule has 0 N–H and O–H groups in total. The molecule has 9 rings (SSSR count). The highest BCUT2D eigenvalue weighted by Gasteiger charge is 2.44. The number of piperidine rings is 2. The molecule has 4 aromatic rings. The van der Waals surface area contributed by atoms with Crippen LogP contribution in [0.3, 0.4) is 0 Å². The summed E-state index contributed by atoms with van der Waals surface area (Å²) in [6, 6.07) is 9.25. The Hall–Kier alpha value is -4.27. The summed E-state index contributed by atoms with van der Waals surface area (Å²) in [6.45, 7) is 6.57. The van der Waals surface area contributed by atoms with Gasteiger partial charge >= 0.3 is 0 Å². The second kappa shape index (κ2) is 12.7. The Morgan fingerprint density at radius 3 is 2.49 bits per heavy atom. The monoisotopic (exact) mass is 633 g/mol. The summed E-state index contributed by atoms with van der Waals surface area (Å²) in [6.07, 6.45) is 20.0. The minimum Gasteiger partial charge on any atom is -0.491 e. The molecule has 244 valence electrons. The number of pyridine rings is 2.